The smallest absolute Gasteiger partial charge is 0.0285 e. The lowest BCUT2D eigenvalue weighted by atomic mass is 9.95. The van der Waals surface area contributed by atoms with Gasteiger partial charge in [0.1, 0.15) is 0 Å². The van der Waals surface area contributed by atoms with Crippen LogP contribution in [0.2, 0.25) is 0 Å². The standard InChI is InChI=1S/C17H19Br2NS/c18-14-3-1-12(2-4-14)7-13(10-20-16-5-6-16)8-17-9-15(19)11-21-17/h1-4,9,11,13,16,20H,5-8,10H2. The molecule has 1 atom stereocenters. The molecule has 3 rings (SSSR count). The third-order valence-corrected chi connectivity index (χ3v) is 6.07. The average molecular weight is 429 g/mol. The summed E-state index contributed by atoms with van der Waals surface area (Å²) >= 11 is 8.93. The van der Waals surface area contributed by atoms with E-state index < -0.39 is 0 Å². The lowest BCUT2D eigenvalue weighted by Gasteiger charge is -2.17. The van der Waals surface area contributed by atoms with Gasteiger partial charge in [0, 0.05) is 25.2 Å². The molecule has 1 N–H and O–H groups in total. The van der Waals surface area contributed by atoms with Crippen LogP contribution in [0.1, 0.15) is 23.3 Å². The summed E-state index contributed by atoms with van der Waals surface area (Å²) in [6.07, 6.45) is 5.01. The van der Waals surface area contributed by atoms with E-state index in [2.05, 4.69) is 72.9 Å². The number of hydrogen-bond acceptors (Lipinski definition) is 2. The van der Waals surface area contributed by atoms with Crippen LogP contribution in [-0.2, 0) is 12.8 Å². The maximum absolute atomic E-state index is 3.70. The highest BCUT2D eigenvalue weighted by Gasteiger charge is 2.22. The van der Waals surface area contributed by atoms with Crippen LogP contribution in [0, 0.1) is 5.92 Å². The Hall–Kier alpha value is -0.160. The SMILES string of the molecule is Brc1ccc(CC(CNC2CC2)Cc2cc(Br)cs2)cc1. The number of halogens is 2. The van der Waals surface area contributed by atoms with Gasteiger partial charge in [0.25, 0.3) is 0 Å². The van der Waals surface area contributed by atoms with Crippen molar-refractivity contribution in [2.75, 3.05) is 6.54 Å². The van der Waals surface area contributed by atoms with E-state index in [-0.39, 0.29) is 0 Å². The fourth-order valence-corrected chi connectivity index (χ4v) is 4.37. The zero-order valence-corrected chi connectivity index (χ0v) is 15.8. The van der Waals surface area contributed by atoms with Gasteiger partial charge < -0.3 is 5.32 Å². The van der Waals surface area contributed by atoms with Crippen molar-refractivity contribution in [3.8, 4) is 0 Å². The molecule has 112 valence electrons. The number of hydrogen-bond donors (Lipinski definition) is 1. The maximum atomic E-state index is 3.70. The molecule has 1 aliphatic rings. The average Bonchev–Trinajstić information content (AvgIpc) is 3.21. The number of benzene rings is 1. The first-order chi connectivity index (χ1) is 10.2. The Morgan fingerprint density at radius 3 is 2.48 bits per heavy atom. The Kier molecular flexibility index (Phi) is 5.54. The fourth-order valence-electron chi connectivity index (χ4n) is 2.54. The third kappa shape index (κ3) is 5.20. The van der Waals surface area contributed by atoms with E-state index in [4.69, 9.17) is 0 Å². The highest BCUT2D eigenvalue weighted by atomic mass is 79.9. The molecule has 1 unspecified atom stereocenters. The molecule has 1 fully saturated rings. The zero-order valence-electron chi connectivity index (χ0n) is 11.8. The summed E-state index contributed by atoms with van der Waals surface area (Å²) in [5.41, 5.74) is 1.43. The van der Waals surface area contributed by atoms with Gasteiger partial charge in [-0.15, -0.1) is 11.3 Å². The molecule has 1 aromatic carbocycles. The molecule has 1 aliphatic carbocycles. The van der Waals surface area contributed by atoms with Gasteiger partial charge in [-0.25, -0.2) is 0 Å². The van der Waals surface area contributed by atoms with E-state index in [1.807, 2.05) is 11.3 Å². The lowest BCUT2D eigenvalue weighted by molar-refractivity contribution is 0.471. The minimum Gasteiger partial charge on any atom is -0.314 e. The van der Waals surface area contributed by atoms with Crippen LogP contribution in [0.3, 0.4) is 0 Å². The predicted molar refractivity (Wildman–Crippen MR) is 98.1 cm³/mol. The van der Waals surface area contributed by atoms with Crippen molar-refractivity contribution in [2.45, 2.75) is 31.7 Å². The summed E-state index contributed by atoms with van der Waals surface area (Å²) < 4.78 is 2.36. The highest BCUT2D eigenvalue weighted by Crippen LogP contribution is 2.25. The number of thiophene rings is 1. The van der Waals surface area contributed by atoms with E-state index in [9.17, 15) is 0 Å². The van der Waals surface area contributed by atoms with Crippen molar-refractivity contribution in [1.82, 2.24) is 5.32 Å². The molecule has 1 heterocycles. The Labute approximate surface area is 147 Å². The van der Waals surface area contributed by atoms with Crippen LogP contribution in [0.25, 0.3) is 0 Å². The summed E-state index contributed by atoms with van der Waals surface area (Å²) in [7, 11) is 0. The van der Waals surface area contributed by atoms with E-state index in [1.165, 1.54) is 27.8 Å². The molecule has 1 saturated carbocycles. The molecule has 21 heavy (non-hydrogen) atoms. The molecule has 0 spiro atoms. The van der Waals surface area contributed by atoms with Crippen LogP contribution < -0.4 is 5.32 Å². The van der Waals surface area contributed by atoms with Gasteiger partial charge in [0.05, 0.1) is 0 Å². The van der Waals surface area contributed by atoms with Gasteiger partial charge in [0.15, 0.2) is 0 Å². The van der Waals surface area contributed by atoms with Crippen LogP contribution in [0.15, 0.2) is 44.7 Å². The summed E-state index contributed by atoms with van der Waals surface area (Å²) in [5, 5.41) is 5.88. The van der Waals surface area contributed by atoms with Crippen molar-refractivity contribution in [2.24, 2.45) is 5.92 Å². The van der Waals surface area contributed by atoms with Crippen LogP contribution in [-0.4, -0.2) is 12.6 Å². The van der Waals surface area contributed by atoms with Crippen molar-refractivity contribution in [1.29, 1.82) is 0 Å². The van der Waals surface area contributed by atoms with Gasteiger partial charge in [-0.3, -0.25) is 0 Å². The molecular weight excluding hydrogens is 410 g/mol. The van der Waals surface area contributed by atoms with Gasteiger partial charge in [-0.1, -0.05) is 28.1 Å². The Morgan fingerprint density at radius 1 is 1.10 bits per heavy atom. The maximum Gasteiger partial charge on any atom is 0.0285 e. The summed E-state index contributed by atoms with van der Waals surface area (Å²) in [6, 6.07) is 11.8. The highest BCUT2D eigenvalue weighted by molar-refractivity contribution is 9.10. The topological polar surface area (TPSA) is 12.0 Å². The Balaban J connectivity index is 1.63. The Morgan fingerprint density at radius 2 is 1.86 bits per heavy atom. The minimum atomic E-state index is 0.664. The summed E-state index contributed by atoms with van der Waals surface area (Å²) in [5.74, 6) is 0.664. The van der Waals surface area contributed by atoms with Crippen molar-refractivity contribution >= 4 is 43.2 Å². The molecule has 1 aromatic heterocycles. The quantitative estimate of drug-likeness (QED) is 0.620. The largest absolute Gasteiger partial charge is 0.314 e. The van der Waals surface area contributed by atoms with Crippen LogP contribution >= 0.6 is 43.2 Å². The van der Waals surface area contributed by atoms with Crippen LogP contribution in [0.4, 0.5) is 0 Å². The lowest BCUT2D eigenvalue weighted by Crippen LogP contribution is -2.27. The van der Waals surface area contributed by atoms with Crippen molar-refractivity contribution < 1.29 is 0 Å². The molecular formula is C17H19Br2NS. The molecule has 0 aliphatic heterocycles. The van der Waals surface area contributed by atoms with Crippen molar-refractivity contribution in [3.63, 3.8) is 0 Å². The second-order valence-corrected chi connectivity index (χ2v) is 8.64. The fraction of sp³-hybridized carbons (Fsp3) is 0.412. The molecule has 0 amide bonds. The van der Waals surface area contributed by atoms with Crippen molar-refractivity contribution in [3.05, 3.63) is 55.1 Å². The number of rotatable bonds is 7. The Bertz CT molecular complexity index is 575. The minimum absolute atomic E-state index is 0.664. The molecule has 1 nitrogen and oxygen atoms in total. The van der Waals surface area contributed by atoms with E-state index in [0.717, 1.165) is 29.9 Å². The van der Waals surface area contributed by atoms with Gasteiger partial charge in [-0.2, -0.15) is 0 Å². The molecule has 2 aromatic rings. The first-order valence-corrected chi connectivity index (χ1v) is 9.86. The summed E-state index contributed by atoms with van der Waals surface area (Å²) in [6.45, 7) is 1.12. The van der Waals surface area contributed by atoms with Gasteiger partial charge >= 0.3 is 0 Å². The van der Waals surface area contributed by atoms with E-state index in [1.54, 1.807) is 0 Å². The monoisotopic (exact) mass is 427 g/mol. The van der Waals surface area contributed by atoms with Crippen LogP contribution in [0.5, 0.6) is 0 Å². The van der Waals surface area contributed by atoms with E-state index >= 15 is 0 Å². The summed E-state index contributed by atoms with van der Waals surface area (Å²) in [4.78, 5) is 1.47. The second kappa shape index (κ2) is 7.40. The predicted octanol–water partition coefficient (Wildman–Crippen LogP) is 5.43. The third-order valence-electron chi connectivity index (χ3n) is 3.82. The zero-order chi connectivity index (χ0) is 14.7. The van der Waals surface area contributed by atoms with Gasteiger partial charge in [-0.05, 0) is 77.8 Å². The molecule has 0 bridgehead atoms. The molecule has 4 heteroatoms. The molecule has 0 radical (unpaired) electrons. The first kappa shape index (κ1) is 15.7. The normalized spacial score (nSPS) is 16.1. The van der Waals surface area contributed by atoms with E-state index in [0.29, 0.717) is 5.92 Å². The number of nitrogens with one attached hydrogen (secondary N) is 1. The molecule has 0 saturated heterocycles. The van der Waals surface area contributed by atoms with Gasteiger partial charge in [0.2, 0.25) is 0 Å². The first-order valence-electron chi connectivity index (χ1n) is 7.40. The second-order valence-electron chi connectivity index (χ2n) is 5.81.